The molecule has 4 heteroatoms. The normalized spacial score (nSPS) is 14.2. The van der Waals surface area contributed by atoms with Crippen molar-refractivity contribution in [3.8, 4) is 0 Å². The van der Waals surface area contributed by atoms with Gasteiger partial charge in [0.2, 0.25) is 0 Å². The summed E-state index contributed by atoms with van der Waals surface area (Å²) < 4.78 is 0. The van der Waals surface area contributed by atoms with E-state index < -0.39 is 6.10 Å². The van der Waals surface area contributed by atoms with Crippen molar-refractivity contribution >= 4 is 23.2 Å². The van der Waals surface area contributed by atoms with E-state index in [9.17, 15) is 5.11 Å². The molecule has 21 heavy (non-hydrogen) atoms. The predicted molar refractivity (Wildman–Crippen MR) is 89.3 cm³/mol. The van der Waals surface area contributed by atoms with Gasteiger partial charge in [-0.25, -0.2) is 0 Å². The Labute approximate surface area is 135 Å². The molecule has 1 N–H and O–H groups in total. The average molecular weight is 324 g/mol. The van der Waals surface area contributed by atoms with Crippen LogP contribution in [0.4, 0.5) is 0 Å². The Bertz CT molecular complexity index is 587. The van der Waals surface area contributed by atoms with Crippen molar-refractivity contribution in [1.29, 1.82) is 0 Å². The van der Waals surface area contributed by atoms with E-state index in [2.05, 4.69) is 0 Å². The van der Waals surface area contributed by atoms with Gasteiger partial charge in [0.05, 0.1) is 16.1 Å². The number of nitrogens with zero attached hydrogens (tertiary/aromatic N) is 1. The molecule has 2 aromatic carbocycles. The Hall–Kier alpha value is -1.06. The lowest BCUT2D eigenvalue weighted by molar-refractivity contribution is 0.121. The summed E-state index contributed by atoms with van der Waals surface area (Å²) in [4.78, 5) is 1.97. The lowest BCUT2D eigenvalue weighted by Crippen LogP contribution is -2.31. The molecule has 0 aliphatic carbocycles. The summed E-state index contributed by atoms with van der Waals surface area (Å²) in [7, 11) is 3.89. The van der Waals surface area contributed by atoms with E-state index in [-0.39, 0.29) is 5.92 Å². The summed E-state index contributed by atoms with van der Waals surface area (Å²) in [6.45, 7) is 0.569. The molecule has 0 amide bonds. The van der Waals surface area contributed by atoms with Crippen LogP contribution in [0.15, 0.2) is 48.5 Å². The van der Waals surface area contributed by atoms with Gasteiger partial charge in [0.15, 0.2) is 0 Å². The van der Waals surface area contributed by atoms with E-state index in [1.165, 1.54) is 0 Å². The van der Waals surface area contributed by atoms with E-state index >= 15 is 0 Å². The molecule has 0 unspecified atom stereocenters. The molecule has 2 rings (SSSR count). The second kappa shape index (κ2) is 7.28. The predicted octanol–water partition coefficient (Wildman–Crippen LogP) is 4.05. The number of aliphatic hydroxyl groups excluding tert-OH is 1. The minimum absolute atomic E-state index is 0.136. The van der Waals surface area contributed by atoms with E-state index in [0.29, 0.717) is 16.6 Å². The Morgan fingerprint density at radius 3 is 2.19 bits per heavy atom. The van der Waals surface area contributed by atoms with Crippen molar-refractivity contribution in [3.63, 3.8) is 0 Å². The van der Waals surface area contributed by atoms with Crippen LogP contribution in [-0.2, 0) is 0 Å². The van der Waals surface area contributed by atoms with E-state index in [1.807, 2.05) is 61.5 Å². The molecule has 0 aromatic heterocycles. The summed E-state index contributed by atoms with van der Waals surface area (Å²) in [5.74, 6) is -0.136. The molecule has 0 bridgehead atoms. The number of rotatable bonds is 5. The average Bonchev–Trinajstić information content (AvgIpc) is 2.43. The van der Waals surface area contributed by atoms with E-state index in [0.717, 1.165) is 11.1 Å². The third kappa shape index (κ3) is 4.21. The quantitative estimate of drug-likeness (QED) is 0.897. The van der Waals surface area contributed by atoms with E-state index in [1.54, 1.807) is 6.07 Å². The molecule has 0 saturated carbocycles. The third-order valence-electron chi connectivity index (χ3n) is 3.40. The molecule has 0 heterocycles. The van der Waals surface area contributed by atoms with Gasteiger partial charge in [0, 0.05) is 12.5 Å². The van der Waals surface area contributed by atoms with Gasteiger partial charge in [-0.1, -0.05) is 59.6 Å². The standard InChI is InChI=1S/C17H19Cl2NO/c1-20(2)11-16(21)17(12-6-4-3-5-7-12)13-8-9-14(18)15(19)10-13/h3-10,16-17,21H,11H2,1-2H3/t16-,17-/m0/s1. The Morgan fingerprint density at radius 1 is 0.952 bits per heavy atom. The molecular formula is C17H19Cl2NO. The minimum atomic E-state index is -0.528. The molecule has 0 radical (unpaired) electrons. The Morgan fingerprint density at radius 2 is 1.62 bits per heavy atom. The molecule has 2 atom stereocenters. The first-order valence-electron chi connectivity index (χ1n) is 6.81. The lowest BCUT2D eigenvalue weighted by atomic mass is 9.86. The maximum absolute atomic E-state index is 10.6. The molecule has 2 nitrogen and oxygen atoms in total. The van der Waals surface area contributed by atoms with Crippen molar-refractivity contribution in [3.05, 3.63) is 69.7 Å². The Balaban J connectivity index is 2.42. The summed E-state index contributed by atoms with van der Waals surface area (Å²) in [5.41, 5.74) is 2.02. The first-order chi connectivity index (χ1) is 9.99. The maximum Gasteiger partial charge on any atom is 0.0775 e. The molecule has 0 spiro atoms. The lowest BCUT2D eigenvalue weighted by Gasteiger charge is -2.26. The number of hydrogen-bond acceptors (Lipinski definition) is 2. The molecule has 0 aliphatic heterocycles. The zero-order valence-corrected chi connectivity index (χ0v) is 13.6. The van der Waals surface area contributed by atoms with Gasteiger partial charge in [0.1, 0.15) is 0 Å². The minimum Gasteiger partial charge on any atom is -0.391 e. The van der Waals surface area contributed by atoms with Gasteiger partial charge in [-0.05, 0) is 37.4 Å². The van der Waals surface area contributed by atoms with Crippen LogP contribution in [0.5, 0.6) is 0 Å². The fourth-order valence-corrected chi connectivity index (χ4v) is 2.79. The maximum atomic E-state index is 10.6. The smallest absolute Gasteiger partial charge is 0.0775 e. The highest BCUT2D eigenvalue weighted by molar-refractivity contribution is 6.42. The van der Waals surface area contributed by atoms with Crippen LogP contribution in [0.25, 0.3) is 0 Å². The highest BCUT2D eigenvalue weighted by Crippen LogP contribution is 2.32. The number of benzene rings is 2. The number of halogens is 2. The van der Waals surface area contributed by atoms with Crippen LogP contribution in [0.3, 0.4) is 0 Å². The zero-order chi connectivity index (χ0) is 15.4. The first kappa shape index (κ1) is 16.3. The second-order valence-corrected chi connectivity index (χ2v) is 6.21. The summed E-state index contributed by atoms with van der Waals surface area (Å²) in [6.07, 6.45) is -0.528. The van der Waals surface area contributed by atoms with E-state index in [4.69, 9.17) is 23.2 Å². The van der Waals surface area contributed by atoms with Gasteiger partial charge < -0.3 is 10.0 Å². The number of hydrogen-bond donors (Lipinski definition) is 1. The van der Waals surface area contributed by atoms with Crippen LogP contribution in [-0.4, -0.2) is 36.8 Å². The molecule has 0 saturated heterocycles. The fraction of sp³-hybridized carbons (Fsp3) is 0.294. The molecule has 0 fully saturated rings. The molecule has 2 aromatic rings. The van der Waals surface area contributed by atoms with Gasteiger partial charge in [-0.15, -0.1) is 0 Å². The molecular weight excluding hydrogens is 305 g/mol. The topological polar surface area (TPSA) is 23.5 Å². The van der Waals surface area contributed by atoms with Crippen LogP contribution in [0.1, 0.15) is 17.0 Å². The summed E-state index contributed by atoms with van der Waals surface area (Å²) >= 11 is 12.1. The van der Waals surface area contributed by atoms with Gasteiger partial charge in [0.25, 0.3) is 0 Å². The van der Waals surface area contributed by atoms with Crippen molar-refractivity contribution in [2.24, 2.45) is 0 Å². The zero-order valence-electron chi connectivity index (χ0n) is 12.1. The van der Waals surface area contributed by atoms with Crippen molar-refractivity contribution in [2.75, 3.05) is 20.6 Å². The van der Waals surface area contributed by atoms with Crippen molar-refractivity contribution in [1.82, 2.24) is 4.90 Å². The van der Waals surface area contributed by atoms with Crippen LogP contribution < -0.4 is 0 Å². The SMILES string of the molecule is CN(C)C[C@H](O)[C@@H](c1ccccc1)c1ccc(Cl)c(Cl)c1. The summed E-state index contributed by atoms with van der Waals surface area (Å²) in [6, 6.07) is 15.5. The highest BCUT2D eigenvalue weighted by Gasteiger charge is 2.24. The first-order valence-corrected chi connectivity index (χ1v) is 7.57. The van der Waals surface area contributed by atoms with Crippen molar-refractivity contribution in [2.45, 2.75) is 12.0 Å². The number of likely N-dealkylation sites (N-methyl/N-ethyl adjacent to an activating group) is 1. The summed E-state index contributed by atoms with van der Waals surface area (Å²) in [5, 5.41) is 11.7. The van der Waals surface area contributed by atoms with Crippen LogP contribution in [0, 0.1) is 0 Å². The molecule has 112 valence electrons. The third-order valence-corrected chi connectivity index (χ3v) is 4.14. The van der Waals surface area contributed by atoms with Crippen LogP contribution in [0.2, 0.25) is 10.0 Å². The van der Waals surface area contributed by atoms with Crippen LogP contribution >= 0.6 is 23.2 Å². The van der Waals surface area contributed by atoms with Gasteiger partial charge in [-0.2, -0.15) is 0 Å². The van der Waals surface area contributed by atoms with Gasteiger partial charge >= 0.3 is 0 Å². The number of aliphatic hydroxyl groups is 1. The Kier molecular flexibility index (Phi) is 5.65. The largest absolute Gasteiger partial charge is 0.391 e. The molecule has 0 aliphatic rings. The fourth-order valence-electron chi connectivity index (χ4n) is 2.48. The monoisotopic (exact) mass is 323 g/mol. The second-order valence-electron chi connectivity index (χ2n) is 5.39. The highest BCUT2D eigenvalue weighted by atomic mass is 35.5. The van der Waals surface area contributed by atoms with Gasteiger partial charge in [-0.3, -0.25) is 0 Å². The van der Waals surface area contributed by atoms with Crippen molar-refractivity contribution < 1.29 is 5.11 Å².